The monoisotopic (exact) mass is 424 g/mol. The van der Waals surface area contributed by atoms with E-state index in [1.54, 1.807) is 0 Å². The number of benzene rings is 1. The number of amides is 1. The predicted octanol–water partition coefficient (Wildman–Crippen LogP) is 1.74. The van der Waals surface area contributed by atoms with Gasteiger partial charge in [-0.3, -0.25) is 4.79 Å². The Balaban J connectivity index is 0.00000441. The van der Waals surface area contributed by atoms with Gasteiger partial charge in [0.2, 0.25) is 0 Å². The SMILES string of the molecule is CS(=O)(=O)c1cc(Br)cc(C(=O)NCC(F)(F)CN)c1F.Cl. The molecular formula is C11H13BrClF3N2O3S. The van der Waals surface area contributed by atoms with Gasteiger partial charge in [-0.05, 0) is 12.1 Å². The normalized spacial score (nSPS) is 11.7. The zero-order chi connectivity index (χ0) is 16.4. The second-order valence-corrected chi connectivity index (χ2v) is 7.18. The average molecular weight is 426 g/mol. The molecule has 0 aliphatic rings. The zero-order valence-electron chi connectivity index (χ0n) is 11.2. The predicted molar refractivity (Wildman–Crippen MR) is 80.8 cm³/mol. The molecule has 0 spiro atoms. The van der Waals surface area contributed by atoms with Crippen molar-refractivity contribution in [1.29, 1.82) is 0 Å². The first-order valence-corrected chi connectivity index (χ1v) is 8.21. The van der Waals surface area contributed by atoms with E-state index in [1.807, 2.05) is 5.32 Å². The number of nitrogens with two attached hydrogens (primary N) is 1. The fraction of sp³-hybridized carbons (Fsp3) is 0.364. The molecule has 1 amide bonds. The minimum atomic E-state index is -3.91. The molecule has 5 nitrogen and oxygen atoms in total. The molecule has 1 aromatic carbocycles. The highest BCUT2D eigenvalue weighted by atomic mass is 79.9. The van der Waals surface area contributed by atoms with E-state index in [9.17, 15) is 26.4 Å². The van der Waals surface area contributed by atoms with E-state index in [1.165, 1.54) is 0 Å². The Labute approximate surface area is 139 Å². The molecule has 3 N–H and O–H groups in total. The quantitative estimate of drug-likeness (QED) is 0.752. The Morgan fingerprint density at radius 2 is 1.95 bits per heavy atom. The van der Waals surface area contributed by atoms with Crippen LogP contribution in [0.15, 0.2) is 21.5 Å². The Morgan fingerprint density at radius 1 is 1.41 bits per heavy atom. The van der Waals surface area contributed by atoms with Crippen LogP contribution >= 0.6 is 28.3 Å². The summed E-state index contributed by atoms with van der Waals surface area (Å²) < 4.78 is 62.9. The number of carbonyl (C=O) groups excluding carboxylic acids is 1. The van der Waals surface area contributed by atoms with Gasteiger partial charge in [0.15, 0.2) is 15.7 Å². The van der Waals surface area contributed by atoms with Gasteiger partial charge in [-0.2, -0.15) is 0 Å². The van der Waals surface area contributed by atoms with Gasteiger partial charge >= 0.3 is 0 Å². The van der Waals surface area contributed by atoms with Crippen molar-refractivity contribution in [2.24, 2.45) is 5.73 Å². The van der Waals surface area contributed by atoms with Crippen LogP contribution in [0, 0.1) is 5.82 Å². The molecule has 11 heteroatoms. The van der Waals surface area contributed by atoms with Gasteiger partial charge in [-0.25, -0.2) is 21.6 Å². The number of halogens is 5. The summed E-state index contributed by atoms with van der Waals surface area (Å²) in [5.41, 5.74) is 4.15. The molecule has 0 aliphatic carbocycles. The first kappa shape index (κ1) is 21.2. The number of carbonyl (C=O) groups is 1. The summed E-state index contributed by atoms with van der Waals surface area (Å²) in [7, 11) is -3.91. The summed E-state index contributed by atoms with van der Waals surface area (Å²) in [6.45, 7) is -2.06. The van der Waals surface area contributed by atoms with Gasteiger partial charge in [0.1, 0.15) is 4.90 Å². The number of rotatable bonds is 5. The van der Waals surface area contributed by atoms with Crippen LogP contribution in [0.25, 0.3) is 0 Å². The highest BCUT2D eigenvalue weighted by molar-refractivity contribution is 9.10. The van der Waals surface area contributed by atoms with E-state index < -0.39 is 51.0 Å². The van der Waals surface area contributed by atoms with Crippen molar-refractivity contribution in [1.82, 2.24) is 5.32 Å². The van der Waals surface area contributed by atoms with Crippen molar-refractivity contribution in [2.75, 3.05) is 19.3 Å². The Bertz CT molecular complexity index is 671. The van der Waals surface area contributed by atoms with Gasteiger partial charge in [-0.15, -0.1) is 12.4 Å². The van der Waals surface area contributed by atoms with Crippen LogP contribution in [-0.2, 0) is 9.84 Å². The Hall–Kier alpha value is -0.840. The second kappa shape index (κ2) is 7.62. The Kier molecular flexibility index (Phi) is 7.33. The molecule has 0 saturated carbocycles. The van der Waals surface area contributed by atoms with E-state index in [0.29, 0.717) is 0 Å². The van der Waals surface area contributed by atoms with E-state index in [2.05, 4.69) is 15.9 Å². The van der Waals surface area contributed by atoms with Crippen LogP contribution in [0.2, 0.25) is 0 Å². The molecule has 22 heavy (non-hydrogen) atoms. The lowest BCUT2D eigenvalue weighted by molar-refractivity contribution is 0.0118. The van der Waals surface area contributed by atoms with Crippen molar-refractivity contribution in [2.45, 2.75) is 10.8 Å². The molecular weight excluding hydrogens is 413 g/mol. The summed E-state index contributed by atoms with van der Waals surface area (Å²) in [5.74, 6) is -5.79. The molecule has 0 saturated heterocycles. The zero-order valence-corrected chi connectivity index (χ0v) is 14.4. The van der Waals surface area contributed by atoms with E-state index in [0.717, 1.165) is 18.4 Å². The van der Waals surface area contributed by atoms with Crippen LogP contribution in [0.4, 0.5) is 13.2 Å². The number of nitrogens with one attached hydrogen (secondary N) is 1. The first-order chi connectivity index (χ1) is 9.48. The molecule has 1 aromatic rings. The third kappa shape index (κ3) is 5.41. The van der Waals surface area contributed by atoms with Gasteiger partial charge in [-0.1, -0.05) is 15.9 Å². The van der Waals surface area contributed by atoms with E-state index in [4.69, 9.17) is 5.73 Å². The average Bonchev–Trinajstić information content (AvgIpc) is 2.37. The summed E-state index contributed by atoms with van der Waals surface area (Å²) in [5, 5.41) is 1.81. The lowest BCUT2D eigenvalue weighted by atomic mass is 10.2. The van der Waals surface area contributed by atoms with Crippen LogP contribution in [-0.4, -0.2) is 39.6 Å². The van der Waals surface area contributed by atoms with Crippen molar-refractivity contribution in [3.8, 4) is 0 Å². The lowest BCUT2D eigenvalue weighted by Crippen LogP contribution is -2.41. The molecule has 0 aromatic heterocycles. The lowest BCUT2D eigenvalue weighted by Gasteiger charge is -2.15. The van der Waals surface area contributed by atoms with Crippen molar-refractivity contribution in [3.63, 3.8) is 0 Å². The number of sulfone groups is 1. The minimum Gasteiger partial charge on any atom is -0.346 e. The summed E-state index contributed by atoms with van der Waals surface area (Å²) in [6.07, 6.45) is 0.766. The first-order valence-electron chi connectivity index (χ1n) is 5.53. The number of hydrogen-bond acceptors (Lipinski definition) is 4. The smallest absolute Gasteiger partial charge is 0.277 e. The Morgan fingerprint density at radius 3 is 2.41 bits per heavy atom. The molecule has 0 aliphatic heterocycles. The van der Waals surface area contributed by atoms with Gasteiger partial charge in [0, 0.05) is 10.7 Å². The van der Waals surface area contributed by atoms with Gasteiger partial charge in [0.25, 0.3) is 11.8 Å². The van der Waals surface area contributed by atoms with Crippen LogP contribution < -0.4 is 11.1 Å². The minimum absolute atomic E-state index is 0. The standard InChI is InChI=1S/C11H12BrF3N2O3S.ClH/c1-21(19,20)8-3-6(12)2-7(9(8)13)10(18)17-5-11(14,15)4-16;/h2-3H,4-5,16H2,1H3,(H,17,18);1H. The third-order valence-corrected chi connectivity index (χ3v) is 4.01. The van der Waals surface area contributed by atoms with Crippen molar-refractivity contribution < 1.29 is 26.4 Å². The topological polar surface area (TPSA) is 89.3 Å². The summed E-state index contributed by atoms with van der Waals surface area (Å²) in [6, 6.07) is 1.98. The highest BCUT2D eigenvalue weighted by Gasteiger charge is 2.29. The number of alkyl halides is 2. The second-order valence-electron chi connectivity index (χ2n) is 4.28. The van der Waals surface area contributed by atoms with Crippen molar-refractivity contribution >= 4 is 44.1 Å². The molecule has 0 heterocycles. The van der Waals surface area contributed by atoms with Crippen LogP contribution in [0.1, 0.15) is 10.4 Å². The maximum absolute atomic E-state index is 14.0. The van der Waals surface area contributed by atoms with Gasteiger partial charge in [0.05, 0.1) is 18.7 Å². The molecule has 1 rings (SSSR count). The van der Waals surface area contributed by atoms with Crippen LogP contribution in [0.3, 0.4) is 0 Å². The molecule has 0 fully saturated rings. The molecule has 0 atom stereocenters. The highest BCUT2D eigenvalue weighted by Crippen LogP contribution is 2.24. The van der Waals surface area contributed by atoms with Crippen molar-refractivity contribution in [3.05, 3.63) is 28.0 Å². The largest absolute Gasteiger partial charge is 0.346 e. The van der Waals surface area contributed by atoms with E-state index in [-0.39, 0.29) is 16.9 Å². The van der Waals surface area contributed by atoms with Gasteiger partial charge < -0.3 is 11.1 Å². The molecule has 126 valence electrons. The fourth-order valence-corrected chi connectivity index (χ4v) is 2.76. The summed E-state index contributed by atoms with van der Waals surface area (Å²) >= 11 is 2.93. The summed E-state index contributed by atoms with van der Waals surface area (Å²) in [4.78, 5) is 11.0. The maximum atomic E-state index is 14.0. The molecule has 0 bridgehead atoms. The van der Waals surface area contributed by atoms with Crippen LogP contribution in [0.5, 0.6) is 0 Å². The third-order valence-electron chi connectivity index (χ3n) is 2.45. The fourth-order valence-electron chi connectivity index (χ4n) is 1.38. The van der Waals surface area contributed by atoms with E-state index >= 15 is 0 Å². The number of hydrogen-bond donors (Lipinski definition) is 2. The molecule has 0 unspecified atom stereocenters. The molecule has 0 radical (unpaired) electrons. The maximum Gasteiger partial charge on any atom is 0.277 e.